The Morgan fingerprint density at radius 2 is 2.24 bits per heavy atom. The molecule has 0 spiro atoms. The Kier molecular flexibility index (Phi) is 4.19. The third-order valence-corrected chi connectivity index (χ3v) is 4.58. The number of methoxy groups -OCH3 is 1. The van der Waals surface area contributed by atoms with E-state index in [1.807, 2.05) is 0 Å². The highest BCUT2D eigenvalue weighted by Crippen LogP contribution is 2.27. The van der Waals surface area contributed by atoms with E-state index >= 15 is 0 Å². The predicted octanol–water partition coefficient (Wildman–Crippen LogP) is 0.610. The van der Waals surface area contributed by atoms with Gasteiger partial charge in [0.15, 0.2) is 0 Å². The lowest BCUT2D eigenvalue weighted by molar-refractivity contribution is 0.0298. The number of ether oxygens (including phenoxy) is 2. The second-order valence-corrected chi connectivity index (χ2v) is 6.01. The molecular weight excluding hydrogens is 322 g/mol. The maximum Gasteiger partial charge on any atom is 0.272 e. The van der Waals surface area contributed by atoms with Gasteiger partial charge in [-0.05, 0) is 6.07 Å². The van der Waals surface area contributed by atoms with Gasteiger partial charge in [0.2, 0.25) is 5.88 Å². The molecule has 0 saturated carbocycles. The number of likely N-dealkylation sites (tertiary alicyclic amines) is 1. The van der Waals surface area contributed by atoms with Crippen molar-refractivity contribution >= 4 is 11.7 Å². The second kappa shape index (κ2) is 6.64. The first-order valence-electron chi connectivity index (χ1n) is 8.21. The lowest BCUT2D eigenvalue weighted by Gasteiger charge is -2.37. The van der Waals surface area contributed by atoms with Crippen molar-refractivity contribution in [2.45, 2.75) is 12.1 Å². The van der Waals surface area contributed by atoms with E-state index in [0.717, 1.165) is 12.4 Å². The molecule has 130 valence electrons. The zero-order valence-corrected chi connectivity index (χ0v) is 13.9. The smallest absolute Gasteiger partial charge is 0.272 e. The Hall–Kier alpha value is -2.74. The van der Waals surface area contributed by atoms with E-state index in [4.69, 9.17) is 9.47 Å². The molecule has 4 heterocycles. The Bertz CT molecular complexity index is 757. The fourth-order valence-electron chi connectivity index (χ4n) is 3.39. The van der Waals surface area contributed by atoms with Gasteiger partial charge in [-0.1, -0.05) is 6.07 Å². The number of carbonyl (C=O) groups is 1. The van der Waals surface area contributed by atoms with E-state index < -0.39 is 0 Å². The Morgan fingerprint density at radius 1 is 1.32 bits per heavy atom. The van der Waals surface area contributed by atoms with E-state index in [1.165, 1.54) is 7.11 Å². The van der Waals surface area contributed by atoms with Crippen LogP contribution < -0.4 is 9.64 Å². The summed E-state index contributed by atoms with van der Waals surface area (Å²) >= 11 is 0. The van der Waals surface area contributed by atoms with Gasteiger partial charge in [0.25, 0.3) is 5.91 Å². The summed E-state index contributed by atoms with van der Waals surface area (Å²) < 4.78 is 11.0. The van der Waals surface area contributed by atoms with Crippen LogP contribution in [0, 0.1) is 0 Å². The minimum Gasteiger partial charge on any atom is -0.481 e. The number of rotatable bonds is 3. The van der Waals surface area contributed by atoms with Crippen LogP contribution in [0.2, 0.25) is 0 Å². The Morgan fingerprint density at radius 3 is 3.04 bits per heavy atom. The first-order valence-corrected chi connectivity index (χ1v) is 8.21. The van der Waals surface area contributed by atoms with Gasteiger partial charge in [0.05, 0.1) is 32.1 Å². The molecule has 8 heteroatoms. The lowest BCUT2D eigenvalue weighted by atomic mass is 10.1. The highest BCUT2D eigenvalue weighted by Gasteiger charge is 2.42. The maximum atomic E-state index is 12.8. The van der Waals surface area contributed by atoms with Crippen LogP contribution in [0.15, 0.2) is 36.8 Å². The van der Waals surface area contributed by atoms with Gasteiger partial charge >= 0.3 is 0 Å². The van der Waals surface area contributed by atoms with Crippen LogP contribution in [0.25, 0.3) is 0 Å². The minimum atomic E-state index is -0.115. The van der Waals surface area contributed by atoms with Crippen LogP contribution in [0.1, 0.15) is 10.5 Å². The predicted molar refractivity (Wildman–Crippen MR) is 89.6 cm³/mol. The van der Waals surface area contributed by atoms with Crippen LogP contribution in [0.3, 0.4) is 0 Å². The molecule has 2 atom stereocenters. The van der Waals surface area contributed by atoms with Crippen LogP contribution in [0.5, 0.6) is 5.88 Å². The zero-order valence-electron chi connectivity index (χ0n) is 13.9. The molecule has 25 heavy (non-hydrogen) atoms. The van der Waals surface area contributed by atoms with Crippen molar-refractivity contribution in [1.82, 2.24) is 19.9 Å². The largest absolute Gasteiger partial charge is 0.481 e. The average Bonchev–Trinajstić information content (AvgIpc) is 3.12. The number of hydrogen-bond acceptors (Lipinski definition) is 7. The molecular formula is C17H19N5O3. The fraction of sp³-hybridized carbons (Fsp3) is 0.412. The quantitative estimate of drug-likeness (QED) is 0.809. The van der Waals surface area contributed by atoms with Crippen molar-refractivity contribution in [2.24, 2.45) is 0 Å². The zero-order chi connectivity index (χ0) is 17.2. The number of aromatic nitrogens is 3. The molecule has 2 aromatic rings. The molecule has 2 aromatic heterocycles. The molecule has 2 fully saturated rings. The van der Waals surface area contributed by atoms with Crippen LogP contribution in [0.4, 0.5) is 5.82 Å². The highest BCUT2D eigenvalue weighted by atomic mass is 16.5. The summed E-state index contributed by atoms with van der Waals surface area (Å²) in [5.74, 6) is 1.13. The molecule has 0 bridgehead atoms. The summed E-state index contributed by atoms with van der Waals surface area (Å²) in [4.78, 5) is 29.5. The minimum absolute atomic E-state index is 0.0367. The van der Waals surface area contributed by atoms with Crippen molar-refractivity contribution in [1.29, 1.82) is 0 Å². The molecule has 0 aromatic carbocycles. The molecule has 0 unspecified atom stereocenters. The molecule has 0 aliphatic carbocycles. The third kappa shape index (κ3) is 3.00. The first-order chi connectivity index (χ1) is 12.3. The van der Waals surface area contributed by atoms with E-state index in [-0.39, 0.29) is 18.1 Å². The third-order valence-electron chi connectivity index (χ3n) is 4.58. The Balaban J connectivity index is 1.53. The van der Waals surface area contributed by atoms with Crippen molar-refractivity contribution < 1.29 is 14.3 Å². The Labute approximate surface area is 145 Å². The van der Waals surface area contributed by atoms with Gasteiger partial charge in [-0.25, -0.2) is 9.97 Å². The number of fused-ring (bicyclic) bond motifs is 1. The molecule has 0 N–H and O–H groups in total. The van der Waals surface area contributed by atoms with Gasteiger partial charge < -0.3 is 19.3 Å². The summed E-state index contributed by atoms with van der Waals surface area (Å²) in [6.45, 7) is 2.45. The standard InChI is InChI=1S/C17H19N5O3/c1-24-16-4-2-3-12(20-16)17(23)21-10-13-14(11-21)25-8-7-22(13)15-9-18-5-6-19-15/h2-6,9,13-14H,7-8,10-11H2,1H3/t13-,14-/m0/s1. The van der Waals surface area contributed by atoms with Crippen molar-refractivity contribution in [3.05, 3.63) is 42.5 Å². The molecule has 2 aliphatic rings. The first kappa shape index (κ1) is 15.8. The molecule has 1 amide bonds. The number of carbonyl (C=O) groups excluding carboxylic acids is 1. The normalized spacial score (nSPS) is 22.6. The van der Waals surface area contributed by atoms with Crippen molar-refractivity contribution in [3.8, 4) is 5.88 Å². The van der Waals surface area contributed by atoms with Gasteiger partial charge in [-0.15, -0.1) is 0 Å². The molecule has 2 saturated heterocycles. The lowest BCUT2D eigenvalue weighted by Crippen LogP contribution is -2.51. The topological polar surface area (TPSA) is 80.7 Å². The number of pyridine rings is 1. The van der Waals surface area contributed by atoms with Crippen LogP contribution >= 0.6 is 0 Å². The number of anilines is 1. The highest BCUT2D eigenvalue weighted by molar-refractivity contribution is 5.92. The van der Waals surface area contributed by atoms with Crippen LogP contribution in [-0.2, 0) is 4.74 Å². The molecule has 0 radical (unpaired) electrons. The number of hydrogen-bond donors (Lipinski definition) is 0. The van der Waals surface area contributed by atoms with E-state index in [9.17, 15) is 4.79 Å². The fourth-order valence-corrected chi connectivity index (χ4v) is 3.39. The van der Waals surface area contributed by atoms with Gasteiger partial charge in [-0.2, -0.15) is 0 Å². The van der Waals surface area contributed by atoms with Crippen molar-refractivity contribution in [3.63, 3.8) is 0 Å². The van der Waals surface area contributed by atoms with E-state index in [0.29, 0.717) is 31.3 Å². The molecule has 4 rings (SSSR count). The molecule has 8 nitrogen and oxygen atoms in total. The van der Waals surface area contributed by atoms with Crippen LogP contribution in [-0.4, -0.2) is 71.3 Å². The average molecular weight is 341 g/mol. The van der Waals surface area contributed by atoms with E-state index in [2.05, 4.69) is 19.9 Å². The maximum absolute atomic E-state index is 12.8. The number of amides is 1. The van der Waals surface area contributed by atoms with Crippen molar-refractivity contribution in [2.75, 3.05) is 38.3 Å². The summed E-state index contributed by atoms with van der Waals surface area (Å²) in [7, 11) is 1.54. The molecule has 2 aliphatic heterocycles. The SMILES string of the molecule is COc1cccc(C(=O)N2C[C@@H]3OCCN(c4cnccn4)[C@H]3C2)n1. The summed E-state index contributed by atoms with van der Waals surface area (Å²) in [6, 6.07) is 5.26. The van der Waals surface area contributed by atoms with Gasteiger partial charge in [-0.3, -0.25) is 9.78 Å². The number of nitrogens with zero attached hydrogens (tertiary/aromatic N) is 5. The summed E-state index contributed by atoms with van der Waals surface area (Å²) in [5.41, 5.74) is 0.379. The number of morpholine rings is 1. The van der Waals surface area contributed by atoms with Gasteiger partial charge in [0, 0.05) is 38.1 Å². The summed E-state index contributed by atoms with van der Waals surface area (Å²) in [5, 5.41) is 0. The summed E-state index contributed by atoms with van der Waals surface area (Å²) in [6.07, 6.45) is 5.04. The second-order valence-electron chi connectivity index (χ2n) is 6.01. The van der Waals surface area contributed by atoms with E-state index in [1.54, 1.807) is 41.7 Å². The monoisotopic (exact) mass is 341 g/mol. The van der Waals surface area contributed by atoms with Gasteiger partial charge in [0.1, 0.15) is 11.5 Å².